The standard InChI is InChI=1S/C16H34O4S/c1-3-5-7-9-10-12-15(17)14-16(21(18,19)20)13-11-8-6-4-2/h15-17H,3-14H2,1-2H3,(H,18,19,20). The Morgan fingerprint density at radius 1 is 0.810 bits per heavy atom. The van der Waals surface area contributed by atoms with Gasteiger partial charge in [-0.25, -0.2) is 0 Å². The minimum atomic E-state index is -4.05. The van der Waals surface area contributed by atoms with E-state index in [1.165, 1.54) is 19.3 Å². The zero-order valence-electron chi connectivity index (χ0n) is 13.8. The molecular formula is C16H34O4S. The highest BCUT2D eigenvalue weighted by atomic mass is 32.2. The molecule has 128 valence electrons. The van der Waals surface area contributed by atoms with Gasteiger partial charge < -0.3 is 5.11 Å². The molecule has 0 aliphatic rings. The van der Waals surface area contributed by atoms with Crippen molar-refractivity contribution in [2.24, 2.45) is 0 Å². The van der Waals surface area contributed by atoms with Crippen molar-refractivity contribution in [3.05, 3.63) is 0 Å². The summed E-state index contributed by atoms with van der Waals surface area (Å²) in [5.74, 6) is 0. The van der Waals surface area contributed by atoms with Gasteiger partial charge in [-0.2, -0.15) is 8.42 Å². The highest BCUT2D eigenvalue weighted by Gasteiger charge is 2.25. The summed E-state index contributed by atoms with van der Waals surface area (Å²) in [7, 11) is -4.05. The lowest BCUT2D eigenvalue weighted by Gasteiger charge is -2.18. The summed E-state index contributed by atoms with van der Waals surface area (Å²) in [5.41, 5.74) is 0. The van der Waals surface area contributed by atoms with Crippen LogP contribution in [0.1, 0.15) is 90.9 Å². The van der Waals surface area contributed by atoms with Crippen molar-refractivity contribution in [1.29, 1.82) is 0 Å². The molecule has 2 N–H and O–H groups in total. The van der Waals surface area contributed by atoms with Gasteiger partial charge in [-0.3, -0.25) is 4.55 Å². The molecule has 0 saturated carbocycles. The van der Waals surface area contributed by atoms with Gasteiger partial charge in [0.05, 0.1) is 11.4 Å². The van der Waals surface area contributed by atoms with E-state index in [9.17, 15) is 18.1 Å². The zero-order chi connectivity index (χ0) is 16.1. The first-order chi connectivity index (χ1) is 9.91. The van der Waals surface area contributed by atoms with Gasteiger partial charge in [0.25, 0.3) is 10.1 Å². The van der Waals surface area contributed by atoms with Crippen LogP contribution in [0.15, 0.2) is 0 Å². The van der Waals surface area contributed by atoms with Gasteiger partial charge in [-0.1, -0.05) is 71.6 Å². The lowest BCUT2D eigenvalue weighted by atomic mass is 10.0. The van der Waals surface area contributed by atoms with E-state index < -0.39 is 21.5 Å². The maximum atomic E-state index is 11.4. The van der Waals surface area contributed by atoms with E-state index in [4.69, 9.17) is 0 Å². The molecule has 0 fully saturated rings. The molecule has 5 heteroatoms. The Labute approximate surface area is 131 Å². The van der Waals surface area contributed by atoms with Crippen molar-refractivity contribution in [1.82, 2.24) is 0 Å². The van der Waals surface area contributed by atoms with Crippen LogP contribution in [0.3, 0.4) is 0 Å². The maximum Gasteiger partial charge on any atom is 0.267 e. The first kappa shape index (κ1) is 20.9. The normalized spacial score (nSPS) is 15.0. The lowest BCUT2D eigenvalue weighted by Crippen LogP contribution is -2.26. The smallest absolute Gasteiger partial charge is 0.267 e. The number of hydrogen-bond donors (Lipinski definition) is 2. The fourth-order valence-electron chi connectivity index (χ4n) is 2.59. The molecule has 2 unspecified atom stereocenters. The van der Waals surface area contributed by atoms with E-state index >= 15 is 0 Å². The van der Waals surface area contributed by atoms with E-state index in [2.05, 4.69) is 13.8 Å². The van der Waals surface area contributed by atoms with Gasteiger partial charge in [-0.15, -0.1) is 0 Å². The number of aliphatic hydroxyl groups excluding tert-OH is 1. The number of aliphatic hydroxyl groups is 1. The van der Waals surface area contributed by atoms with Crippen molar-refractivity contribution in [2.45, 2.75) is 102 Å². The molecule has 0 rings (SSSR count). The summed E-state index contributed by atoms with van der Waals surface area (Å²) in [6.07, 6.45) is 10.1. The van der Waals surface area contributed by atoms with Crippen LogP contribution < -0.4 is 0 Å². The SMILES string of the molecule is CCCCCCCC(O)CC(CCCCCC)S(=O)(=O)O. The molecule has 0 spiro atoms. The molecule has 0 aromatic carbocycles. The van der Waals surface area contributed by atoms with Crippen LogP contribution in [0.25, 0.3) is 0 Å². The quantitative estimate of drug-likeness (QED) is 0.369. The topological polar surface area (TPSA) is 74.6 Å². The van der Waals surface area contributed by atoms with Crippen LogP contribution >= 0.6 is 0 Å². The van der Waals surface area contributed by atoms with E-state index in [1.54, 1.807) is 0 Å². The molecule has 2 atom stereocenters. The summed E-state index contributed by atoms with van der Waals surface area (Å²) in [6, 6.07) is 0. The van der Waals surface area contributed by atoms with Crippen LogP contribution in [0.4, 0.5) is 0 Å². The second-order valence-electron chi connectivity index (χ2n) is 6.08. The summed E-state index contributed by atoms with van der Waals surface area (Å²) in [4.78, 5) is 0. The van der Waals surface area contributed by atoms with Crippen molar-refractivity contribution in [3.63, 3.8) is 0 Å². The molecule has 0 bridgehead atoms. The van der Waals surface area contributed by atoms with Crippen molar-refractivity contribution < 1.29 is 18.1 Å². The molecule has 0 aromatic rings. The maximum absolute atomic E-state index is 11.4. The minimum Gasteiger partial charge on any atom is -0.393 e. The Morgan fingerprint density at radius 2 is 1.29 bits per heavy atom. The zero-order valence-corrected chi connectivity index (χ0v) is 14.6. The van der Waals surface area contributed by atoms with Gasteiger partial charge >= 0.3 is 0 Å². The third kappa shape index (κ3) is 12.1. The Balaban J connectivity index is 4.03. The largest absolute Gasteiger partial charge is 0.393 e. The second-order valence-corrected chi connectivity index (χ2v) is 7.78. The summed E-state index contributed by atoms with van der Waals surface area (Å²) in [6.45, 7) is 4.26. The number of hydrogen-bond acceptors (Lipinski definition) is 3. The van der Waals surface area contributed by atoms with Crippen LogP contribution in [0.2, 0.25) is 0 Å². The molecule has 21 heavy (non-hydrogen) atoms. The molecule has 0 aromatic heterocycles. The number of unbranched alkanes of at least 4 members (excludes halogenated alkanes) is 7. The Hall–Kier alpha value is -0.130. The summed E-state index contributed by atoms with van der Waals surface area (Å²) < 4.78 is 32.1. The predicted octanol–water partition coefficient (Wildman–Crippen LogP) is 4.32. The molecule has 0 radical (unpaired) electrons. The van der Waals surface area contributed by atoms with Gasteiger partial charge in [-0.05, 0) is 19.3 Å². The highest BCUT2D eigenvalue weighted by molar-refractivity contribution is 7.86. The van der Waals surface area contributed by atoms with Crippen LogP contribution in [-0.2, 0) is 10.1 Å². The van der Waals surface area contributed by atoms with E-state index in [0.29, 0.717) is 12.8 Å². The molecule has 4 nitrogen and oxygen atoms in total. The number of rotatable bonds is 14. The fourth-order valence-corrected chi connectivity index (χ4v) is 3.52. The first-order valence-corrected chi connectivity index (χ1v) is 10.1. The Morgan fingerprint density at radius 3 is 1.81 bits per heavy atom. The highest BCUT2D eigenvalue weighted by Crippen LogP contribution is 2.19. The minimum absolute atomic E-state index is 0.165. The third-order valence-electron chi connectivity index (χ3n) is 3.98. The molecule has 0 aliphatic heterocycles. The second kappa shape index (κ2) is 12.4. The van der Waals surface area contributed by atoms with Crippen molar-refractivity contribution >= 4 is 10.1 Å². The average molecular weight is 323 g/mol. The third-order valence-corrected chi connectivity index (χ3v) is 5.25. The van der Waals surface area contributed by atoms with Crippen LogP contribution in [-0.4, -0.2) is 29.4 Å². The van der Waals surface area contributed by atoms with E-state index in [0.717, 1.165) is 38.5 Å². The summed E-state index contributed by atoms with van der Waals surface area (Å²) in [5, 5.41) is 9.16. The molecule has 0 saturated heterocycles. The van der Waals surface area contributed by atoms with Crippen molar-refractivity contribution in [2.75, 3.05) is 0 Å². The molecular weight excluding hydrogens is 288 g/mol. The molecule has 0 amide bonds. The van der Waals surface area contributed by atoms with E-state index in [-0.39, 0.29) is 6.42 Å². The average Bonchev–Trinajstić information content (AvgIpc) is 2.41. The lowest BCUT2D eigenvalue weighted by molar-refractivity contribution is 0.146. The molecule has 0 aliphatic carbocycles. The first-order valence-electron chi connectivity index (χ1n) is 8.56. The van der Waals surface area contributed by atoms with Gasteiger partial charge in [0, 0.05) is 0 Å². The van der Waals surface area contributed by atoms with Crippen LogP contribution in [0, 0.1) is 0 Å². The predicted molar refractivity (Wildman–Crippen MR) is 88.1 cm³/mol. The Bertz CT molecular complexity index is 327. The van der Waals surface area contributed by atoms with Gasteiger partial charge in [0.1, 0.15) is 0 Å². The van der Waals surface area contributed by atoms with Crippen LogP contribution in [0.5, 0.6) is 0 Å². The summed E-state index contributed by atoms with van der Waals surface area (Å²) >= 11 is 0. The van der Waals surface area contributed by atoms with Crippen molar-refractivity contribution in [3.8, 4) is 0 Å². The Kier molecular flexibility index (Phi) is 12.3. The van der Waals surface area contributed by atoms with E-state index in [1.807, 2.05) is 0 Å². The monoisotopic (exact) mass is 322 g/mol. The van der Waals surface area contributed by atoms with Gasteiger partial charge in [0.2, 0.25) is 0 Å². The molecule has 0 heterocycles. The fraction of sp³-hybridized carbons (Fsp3) is 1.00. The van der Waals surface area contributed by atoms with Gasteiger partial charge in [0.15, 0.2) is 0 Å².